The van der Waals surface area contributed by atoms with E-state index in [2.05, 4.69) is 87.0 Å². The van der Waals surface area contributed by atoms with E-state index in [0.717, 1.165) is 16.9 Å². The molecule has 30 heavy (non-hydrogen) atoms. The molecule has 0 spiro atoms. The van der Waals surface area contributed by atoms with E-state index in [1.54, 1.807) is 0 Å². The first-order valence-corrected chi connectivity index (χ1v) is 10.8. The van der Waals surface area contributed by atoms with Gasteiger partial charge in [0, 0.05) is 34.5 Å². The van der Waals surface area contributed by atoms with Crippen LogP contribution in [0.2, 0.25) is 0 Å². The van der Waals surface area contributed by atoms with Gasteiger partial charge in [-0.25, -0.2) is 0 Å². The fourth-order valence-electron chi connectivity index (χ4n) is 4.57. The van der Waals surface area contributed by atoms with Crippen molar-refractivity contribution in [3.8, 4) is 0 Å². The van der Waals surface area contributed by atoms with Crippen LogP contribution in [0.4, 0.5) is 5.69 Å². The Balaban J connectivity index is 1.87. The normalized spacial score (nSPS) is 16.3. The molecule has 2 heterocycles. The molecule has 0 fully saturated rings. The number of furan rings is 1. The number of azo groups is 2. The fourth-order valence-corrected chi connectivity index (χ4v) is 4.57. The maximum Gasteiger partial charge on any atom is 0.233 e. The zero-order chi connectivity index (χ0) is 20.8. The third-order valence-corrected chi connectivity index (χ3v) is 6.03. The van der Waals surface area contributed by atoms with Gasteiger partial charge in [-0.1, -0.05) is 74.9 Å². The predicted octanol–water partition coefficient (Wildman–Crippen LogP) is 8.20. The Morgan fingerprint density at radius 1 is 0.867 bits per heavy atom. The van der Waals surface area contributed by atoms with E-state index < -0.39 is 0 Å². The second-order valence-corrected chi connectivity index (χ2v) is 8.66. The number of rotatable bonds is 4. The summed E-state index contributed by atoms with van der Waals surface area (Å²) in [7, 11) is 0. The molecule has 0 saturated heterocycles. The fraction of sp³-hybridized carbons (Fsp3) is 0.259. The van der Waals surface area contributed by atoms with Gasteiger partial charge in [-0.05, 0) is 34.1 Å². The Bertz CT molecular complexity index is 1290. The second-order valence-electron chi connectivity index (χ2n) is 8.66. The molecule has 3 nitrogen and oxygen atoms in total. The van der Waals surface area contributed by atoms with Crippen molar-refractivity contribution < 1.29 is 9.11 Å². The van der Waals surface area contributed by atoms with E-state index in [0.29, 0.717) is 11.8 Å². The largest absolute Gasteiger partial charge is 0.456 e. The summed E-state index contributed by atoms with van der Waals surface area (Å²) < 4.78 is 8.57. The van der Waals surface area contributed by atoms with E-state index in [4.69, 9.17) is 9.53 Å². The van der Waals surface area contributed by atoms with E-state index in [1.807, 2.05) is 18.3 Å². The lowest BCUT2D eigenvalue weighted by molar-refractivity contribution is -0.536. The molecule has 0 radical (unpaired) electrons. The summed E-state index contributed by atoms with van der Waals surface area (Å²) in [5.74, 6) is 0.774. The average Bonchev–Trinajstić information content (AvgIpc) is 3.38. The molecular weight excluding hydrogens is 368 g/mol. The highest BCUT2D eigenvalue weighted by atomic mass is 16.3. The quantitative estimate of drug-likeness (QED) is 0.320. The second kappa shape index (κ2) is 7.24. The van der Waals surface area contributed by atoms with Crippen LogP contribution in [0.1, 0.15) is 62.3 Å². The van der Waals surface area contributed by atoms with Crippen LogP contribution in [-0.4, -0.2) is 4.70 Å². The smallest absolute Gasteiger partial charge is 0.233 e. The Morgan fingerprint density at radius 2 is 1.57 bits per heavy atom. The molecule has 1 aromatic heterocycles. The molecule has 3 aromatic carbocycles. The van der Waals surface area contributed by atoms with Crippen molar-refractivity contribution in [1.29, 1.82) is 0 Å². The highest BCUT2D eigenvalue weighted by molar-refractivity contribution is 6.08. The molecule has 1 unspecified atom stereocenters. The van der Waals surface area contributed by atoms with Gasteiger partial charge in [0.2, 0.25) is 11.7 Å². The first kappa shape index (κ1) is 18.8. The van der Waals surface area contributed by atoms with Crippen molar-refractivity contribution in [3.63, 3.8) is 0 Å². The van der Waals surface area contributed by atoms with Gasteiger partial charge in [0.1, 0.15) is 11.2 Å². The molecule has 0 amide bonds. The lowest BCUT2D eigenvalue weighted by Crippen LogP contribution is -2.12. The maximum absolute atomic E-state index is 6.45. The molecule has 1 aliphatic heterocycles. The average molecular weight is 396 g/mol. The van der Waals surface area contributed by atoms with Crippen molar-refractivity contribution in [1.82, 2.24) is 0 Å². The highest BCUT2D eigenvalue weighted by Crippen LogP contribution is 2.45. The minimum absolute atomic E-state index is 0.0366. The van der Waals surface area contributed by atoms with Gasteiger partial charge in [0.05, 0.1) is 6.20 Å². The van der Waals surface area contributed by atoms with Crippen molar-refractivity contribution in [3.05, 3.63) is 89.6 Å². The first-order chi connectivity index (χ1) is 14.6. The molecule has 1 atom stereocenters. The van der Waals surface area contributed by atoms with Gasteiger partial charge >= 0.3 is 0 Å². The molecule has 3 heteroatoms. The van der Waals surface area contributed by atoms with Crippen LogP contribution in [0.5, 0.6) is 0 Å². The predicted molar refractivity (Wildman–Crippen MR) is 123 cm³/mol. The van der Waals surface area contributed by atoms with Crippen molar-refractivity contribution >= 4 is 27.6 Å². The highest BCUT2D eigenvalue weighted by Gasteiger charge is 2.35. The van der Waals surface area contributed by atoms with Crippen molar-refractivity contribution in [2.75, 3.05) is 0 Å². The van der Waals surface area contributed by atoms with Gasteiger partial charge in [-0.3, -0.25) is 0 Å². The summed E-state index contributed by atoms with van der Waals surface area (Å²) in [5, 5.41) is 7.13. The number of para-hydroxylation sites is 2. The van der Waals surface area contributed by atoms with Crippen LogP contribution in [0.15, 0.2) is 82.5 Å². The van der Waals surface area contributed by atoms with Gasteiger partial charge in [0.15, 0.2) is 0 Å². The van der Waals surface area contributed by atoms with Gasteiger partial charge < -0.3 is 4.42 Å². The standard InChI is InChI=1S/C27H27N2O/c1-17(2)21-16-22(18(3)4)27-26(20-12-8-9-13-24(20)30-27)25(21)23-14-15-28-29(23)19-10-6-5-7-11-19/h5-18,23H,1-4H3/q+1. The molecule has 4 aromatic rings. The van der Waals surface area contributed by atoms with Gasteiger partial charge in [0.25, 0.3) is 0 Å². The zero-order valence-corrected chi connectivity index (χ0v) is 18.0. The number of nitrogens with zero attached hydrogens (tertiary/aromatic N) is 2. The topological polar surface area (TPSA) is 28.5 Å². The Morgan fingerprint density at radius 3 is 2.30 bits per heavy atom. The lowest BCUT2D eigenvalue weighted by atomic mass is 9.85. The minimum Gasteiger partial charge on any atom is -0.456 e. The van der Waals surface area contributed by atoms with E-state index in [9.17, 15) is 0 Å². The van der Waals surface area contributed by atoms with Crippen LogP contribution in [0.3, 0.4) is 0 Å². The molecule has 0 N–H and O–H groups in total. The summed E-state index contributed by atoms with van der Waals surface area (Å²) in [5.41, 5.74) is 7.00. The molecule has 5 rings (SSSR count). The van der Waals surface area contributed by atoms with Gasteiger partial charge in [-0.15, -0.1) is 0 Å². The van der Waals surface area contributed by atoms with E-state index >= 15 is 0 Å². The van der Waals surface area contributed by atoms with Crippen LogP contribution in [0.25, 0.3) is 21.9 Å². The Kier molecular flexibility index (Phi) is 4.54. The number of fused-ring (bicyclic) bond motifs is 3. The first-order valence-electron chi connectivity index (χ1n) is 10.8. The number of hydrogen-bond acceptors (Lipinski definition) is 2. The summed E-state index contributed by atoms with van der Waals surface area (Å²) in [6, 6.07) is 21.2. The number of hydrogen-bond donors (Lipinski definition) is 0. The summed E-state index contributed by atoms with van der Waals surface area (Å²) >= 11 is 0. The summed E-state index contributed by atoms with van der Waals surface area (Å²) in [6.45, 7) is 9.04. The molecule has 0 bridgehead atoms. The maximum atomic E-state index is 6.45. The number of benzene rings is 3. The summed E-state index contributed by atoms with van der Waals surface area (Å²) in [6.07, 6.45) is 4.12. The SMILES string of the molecule is CC(C)c1cc(C(C)C)c2oc3ccccc3c2c1C1C=CN=[N+]1c1ccccc1. The van der Waals surface area contributed by atoms with Crippen molar-refractivity contribution in [2.24, 2.45) is 5.11 Å². The van der Waals surface area contributed by atoms with E-state index in [1.165, 1.54) is 27.5 Å². The van der Waals surface area contributed by atoms with Crippen molar-refractivity contribution in [2.45, 2.75) is 45.6 Å². The third kappa shape index (κ3) is 2.88. The Hall–Kier alpha value is -3.20. The molecule has 0 saturated carbocycles. The zero-order valence-electron chi connectivity index (χ0n) is 18.0. The molecule has 150 valence electrons. The van der Waals surface area contributed by atoms with E-state index in [-0.39, 0.29) is 6.04 Å². The van der Waals surface area contributed by atoms with Crippen LogP contribution < -0.4 is 0 Å². The molecule has 0 aliphatic carbocycles. The Labute approximate surface area is 177 Å². The third-order valence-electron chi connectivity index (χ3n) is 6.03. The molecule has 1 aliphatic rings. The minimum atomic E-state index is 0.0366. The summed E-state index contributed by atoms with van der Waals surface area (Å²) in [4.78, 5) is 0. The lowest BCUT2D eigenvalue weighted by Gasteiger charge is -2.19. The van der Waals surface area contributed by atoms with Gasteiger partial charge in [-0.2, -0.15) is 0 Å². The van der Waals surface area contributed by atoms with Crippen LogP contribution >= 0.6 is 0 Å². The molecular formula is C27H27N2O+. The van der Waals surface area contributed by atoms with Crippen LogP contribution in [0, 0.1) is 0 Å². The van der Waals surface area contributed by atoms with Crippen LogP contribution in [-0.2, 0) is 0 Å². The monoisotopic (exact) mass is 395 g/mol.